The predicted molar refractivity (Wildman–Crippen MR) is 250 cm³/mol. The lowest BCUT2D eigenvalue weighted by Crippen LogP contribution is -2.29. The summed E-state index contributed by atoms with van der Waals surface area (Å²) in [6.45, 7) is 12.4. The molecule has 0 unspecified atom stereocenters. The molecule has 0 fully saturated rings. The predicted octanol–water partition coefficient (Wildman–Crippen LogP) is 9.94. The number of amides is 1. The Morgan fingerprint density at radius 3 is 1.06 bits per heavy atom. The minimum atomic E-state index is -0.447. The Hall–Kier alpha value is -2.65. The molecule has 12 nitrogen and oxygen atoms in total. The first-order valence-electron chi connectivity index (χ1n) is 24.6. The molecule has 0 saturated heterocycles. The number of hydrogen-bond donors (Lipinski definition) is 1. The first-order chi connectivity index (χ1) is 31.3. The van der Waals surface area contributed by atoms with Crippen LogP contribution in [0.5, 0.6) is 0 Å². The van der Waals surface area contributed by atoms with E-state index in [0.717, 1.165) is 13.0 Å². The Kier molecular flexibility index (Phi) is 35.4. The number of benzene rings is 2. The highest BCUT2D eigenvalue weighted by atomic mass is 16.6. The monoisotopic (exact) mass is 888 g/mol. The van der Waals surface area contributed by atoms with Crippen LogP contribution in [-0.4, -0.2) is 138 Å². The summed E-state index contributed by atoms with van der Waals surface area (Å²) in [4.78, 5) is 12.3. The number of alkyl carbamates (subject to hydrolysis) is 1. The van der Waals surface area contributed by atoms with Crippen molar-refractivity contribution in [2.45, 2.75) is 116 Å². The fourth-order valence-electron chi connectivity index (χ4n) is 7.49. The van der Waals surface area contributed by atoms with E-state index in [2.05, 4.69) is 36.5 Å². The van der Waals surface area contributed by atoms with Crippen LogP contribution < -0.4 is 5.32 Å². The van der Waals surface area contributed by atoms with E-state index in [-0.39, 0.29) is 5.92 Å². The summed E-state index contributed by atoms with van der Waals surface area (Å²) < 4.78 is 55.6. The lowest BCUT2D eigenvalue weighted by molar-refractivity contribution is -0.0249. The molecule has 0 spiro atoms. The zero-order valence-electron chi connectivity index (χ0n) is 39.1. The topological polar surface area (TPSA) is 121 Å². The molecule has 1 aliphatic carbocycles. The van der Waals surface area contributed by atoms with Gasteiger partial charge in [-0.05, 0) is 28.7 Å². The first kappa shape index (κ1) is 54.7. The Balaban J connectivity index is 0.907. The maximum Gasteiger partial charge on any atom is 0.407 e. The normalized spacial score (nSPS) is 12.2. The quantitative estimate of drug-likeness (QED) is 0.0640. The number of nitrogens with one attached hydrogen (secondary N) is 1. The molecule has 360 valence electrons. The molecule has 2 aromatic rings. The van der Waals surface area contributed by atoms with E-state index in [1.165, 1.54) is 119 Å². The van der Waals surface area contributed by atoms with E-state index in [4.69, 9.17) is 47.4 Å². The number of ether oxygens (including phenoxy) is 10. The van der Waals surface area contributed by atoms with Crippen molar-refractivity contribution in [2.75, 3.05) is 132 Å². The fourth-order valence-corrected chi connectivity index (χ4v) is 7.49. The van der Waals surface area contributed by atoms with Crippen molar-refractivity contribution in [3.8, 4) is 11.1 Å². The second-order valence-electron chi connectivity index (χ2n) is 16.1. The third-order valence-electron chi connectivity index (χ3n) is 11.0. The van der Waals surface area contributed by atoms with E-state index in [1.807, 2.05) is 24.3 Å². The molecule has 2 aromatic carbocycles. The Morgan fingerprint density at radius 1 is 0.397 bits per heavy atom. The van der Waals surface area contributed by atoms with Gasteiger partial charge in [0.2, 0.25) is 0 Å². The number of fused-ring (bicyclic) bond motifs is 3. The highest BCUT2D eigenvalue weighted by molar-refractivity contribution is 5.79. The van der Waals surface area contributed by atoms with Crippen LogP contribution in [0.3, 0.4) is 0 Å². The molecule has 12 heteroatoms. The number of carbonyl (C=O) groups is 1. The van der Waals surface area contributed by atoms with Crippen molar-refractivity contribution in [1.29, 1.82) is 0 Å². The van der Waals surface area contributed by atoms with Crippen molar-refractivity contribution in [2.24, 2.45) is 0 Å². The summed E-state index contributed by atoms with van der Waals surface area (Å²) in [5, 5.41) is 2.75. The minimum Gasteiger partial charge on any atom is -0.449 e. The SMILES string of the molecule is CCCCCCCCCCCCCCCCCCOCCOCCOCCOCCOCCOCCOCCOCCOCCNC(=O)OCC1c2ccccc2-c2ccccc21. The highest BCUT2D eigenvalue weighted by Gasteiger charge is 2.29. The lowest BCUT2D eigenvalue weighted by Gasteiger charge is -2.14. The molecule has 0 atom stereocenters. The smallest absolute Gasteiger partial charge is 0.407 e. The molecule has 0 aromatic heterocycles. The van der Waals surface area contributed by atoms with Crippen LogP contribution in [0, 0.1) is 0 Å². The van der Waals surface area contributed by atoms with Crippen molar-refractivity contribution < 1.29 is 52.2 Å². The summed E-state index contributed by atoms with van der Waals surface area (Å²) in [7, 11) is 0. The Bertz CT molecular complexity index is 1290. The van der Waals surface area contributed by atoms with Gasteiger partial charge in [0.05, 0.1) is 112 Å². The van der Waals surface area contributed by atoms with Gasteiger partial charge in [-0.15, -0.1) is 0 Å². The standard InChI is InChI=1S/C51H85NO11/c1-2-3-4-5-6-7-8-9-10-11-12-13-14-15-16-21-27-54-29-31-56-33-35-58-37-39-60-41-43-62-44-42-61-40-38-59-36-34-57-32-30-55-28-26-52-51(53)63-45-50-48-24-19-17-22-46(48)47-23-18-20-25-49(47)50/h17-20,22-25,50H,2-16,21,26-45H2,1H3,(H,52,53). The molecule has 63 heavy (non-hydrogen) atoms. The van der Waals surface area contributed by atoms with Gasteiger partial charge in [-0.25, -0.2) is 4.79 Å². The van der Waals surface area contributed by atoms with Crippen molar-refractivity contribution in [3.63, 3.8) is 0 Å². The van der Waals surface area contributed by atoms with Gasteiger partial charge in [0.25, 0.3) is 0 Å². The zero-order valence-corrected chi connectivity index (χ0v) is 39.1. The van der Waals surface area contributed by atoms with Gasteiger partial charge < -0.3 is 52.7 Å². The molecule has 1 amide bonds. The van der Waals surface area contributed by atoms with E-state index in [9.17, 15) is 4.79 Å². The van der Waals surface area contributed by atoms with E-state index < -0.39 is 6.09 Å². The summed E-state index contributed by atoms with van der Waals surface area (Å²) in [5.74, 6) is 0.0398. The number of carbonyl (C=O) groups excluding carboxylic acids is 1. The Labute approximate surface area is 381 Å². The Morgan fingerprint density at radius 2 is 0.698 bits per heavy atom. The maximum absolute atomic E-state index is 12.3. The third kappa shape index (κ3) is 28.8. The summed E-state index contributed by atoms with van der Waals surface area (Å²) in [5.41, 5.74) is 4.79. The molecule has 1 N–H and O–H groups in total. The molecule has 0 radical (unpaired) electrons. The van der Waals surface area contributed by atoms with Gasteiger partial charge >= 0.3 is 6.09 Å². The lowest BCUT2D eigenvalue weighted by atomic mass is 9.98. The van der Waals surface area contributed by atoms with Crippen LogP contribution in [0.1, 0.15) is 127 Å². The maximum atomic E-state index is 12.3. The third-order valence-corrected chi connectivity index (χ3v) is 11.0. The van der Waals surface area contributed by atoms with Crippen molar-refractivity contribution in [1.82, 2.24) is 5.32 Å². The minimum absolute atomic E-state index is 0.0398. The number of rotatable bonds is 46. The fraction of sp³-hybridized carbons (Fsp3) is 0.745. The molecule has 0 heterocycles. The van der Waals surface area contributed by atoms with Crippen LogP contribution in [0.4, 0.5) is 4.79 Å². The summed E-state index contributed by atoms with van der Waals surface area (Å²) >= 11 is 0. The molecule has 0 aliphatic heterocycles. The molecule has 0 saturated carbocycles. The summed E-state index contributed by atoms with van der Waals surface area (Å²) in [6, 6.07) is 16.6. The van der Waals surface area contributed by atoms with Crippen LogP contribution in [-0.2, 0) is 47.4 Å². The average molecular weight is 888 g/mol. The zero-order chi connectivity index (χ0) is 44.4. The van der Waals surface area contributed by atoms with Crippen LogP contribution in [0.15, 0.2) is 48.5 Å². The average Bonchev–Trinajstić information content (AvgIpc) is 3.63. The van der Waals surface area contributed by atoms with Gasteiger partial charge in [-0.3, -0.25) is 0 Å². The first-order valence-corrected chi connectivity index (χ1v) is 24.6. The number of unbranched alkanes of at least 4 members (excludes halogenated alkanes) is 15. The van der Waals surface area contributed by atoms with E-state index >= 15 is 0 Å². The van der Waals surface area contributed by atoms with E-state index in [1.54, 1.807) is 0 Å². The second-order valence-corrected chi connectivity index (χ2v) is 16.1. The number of hydrogen-bond acceptors (Lipinski definition) is 11. The van der Waals surface area contributed by atoms with Gasteiger partial charge in [-0.1, -0.05) is 152 Å². The van der Waals surface area contributed by atoms with Crippen LogP contribution >= 0.6 is 0 Å². The van der Waals surface area contributed by atoms with Gasteiger partial charge in [0, 0.05) is 19.1 Å². The molecule has 1 aliphatic rings. The van der Waals surface area contributed by atoms with Crippen molar-refractivity contribution >= 4 is 6.09 Å². The van der Waals surface area contributed by atoms with Crippen LogP contribution in [0.25, 0.3) is 11.1 Å². The van der Waals surface area contributed by atoms with Gasteiger partial charge in [-0.2, -0.15) is 0 Å². The largest absolute Gasteiger partial charge is 0.449 e. The molecule has 0 bridgehead atoms. The van der Waals surface area contributed by atoms with Crippen LogP contribution in [0.2, 0.25) is 0 Å². The summed E-state index contributed by atoms with van der Waals surface area (Å²) in [6.07, 6.45) is 21.7. The second kappa shape index (κ2) is 40.8. The highest BCUT2D eigenvalue weighted by Crippen LogP contribution is 2.44. The van der Waals surface area contributed by atoms with Gasteiger partial charge in [0.15, 0.2) is 0 Å². The van der Waals surface area contributed by atoms with Crippen molar-refractivity contribution in [3.05, 3.63) is 59.7 Å². The molecular formula is C51H85NO11. The molecular weight excluding hydrogens is 803 g/mol. The molecule has 3 rings (SSSR count). The van der Waals surface area contributed by atoms with E-state index in [0.29, 0.717) is 125 Å². The van der Waals surface area contributed by atoms with Gasteiger partial charge in [0.1, 0.15) is 6.61 Å².